The van der Waals surface area contributed by atoms with Crippen LogP contribution in [0, 0.1) is 0 Å². The highest BCUT2D eigenvalue weighted by atomic mass is 35.5. The van der Waals surface area contributed by atoms with Crippen LogP contribution in [0.3, 0.4) is 0 Å². The van der Waals surface area contributed by atoms with Gasteiger partial charge in [0.1, 0.15) is 5.84 Å². The van der Waals surface area contributed by atoms with Gasteiger partial charge in [-0.25, -0.2) is 4.99 Å². The Hall–Kier alpha value is -2.87. The highest BCUT2D eigenvalue weighted by Crippen LogP contribution is 2.38. The fourth-order valence-electron chi connectivity index (χ4n) is 2.86. The third kappa shape index (κ3) is 3.47. The first-order valence-electron chi connectivity index (χ1n) is 8.22. The average molecular weight is 410 g/mol. The molecule has 28 heavy (non-hydrogen) atoms. The van der Waals surface area contributed by atoms with Crippen molar-refractivity contribution >= 4 is 29.3 Å². The molecule has 1 unspecified atom stereocenters. The molecule has 0 saturated heterocycles. The molecule has 2 amide bonds. The predicted molar refractivity (Wildman–Crippen MR) is 97.8 cm³/mol. The van der Waals surface area contributed by atoms with E-state index in [1.54, 1.807) is 35.6 Å². The minimum absolute atomic E-state index is 0.0374. The molecule has 0 radical (unpaired) electrons. The molecule has 1 aliphatic heterocycles. The highest BCUT2D eigenvalue weighted by molar-refractivity contribution is 6.34. The Labute approximate surface area is 163 Å². The number of halogens is 4. The van der Waals surface area contributed by atoms with Gasteiger partial charge in [-0.1, -0.05) is 54.1 Å². The van der Waals surface area contributed by atoms with Gasteiger partial charge in [0.15, 0.2) is 0 Å². The van der Waals surface area contributed by atoms with E-state index in [9.17, 15) is 22.8 Å². The van der Waals surface area contributed by atoms with Gasteiger partial charge in [0.2, 0.25) is 0 Å². The topological polar surface area (TPSA) is 61.8 Å². The number of alkyl halides is 3. The number of amides is 2. The van der Waals surface area contributed by atoms with Crippen molar-refractivity contribution in [1.29, 1.82) is 0 Å². The number of carbonyl (C=O) groups excluding carboxylic acids is 2. The van der Waals surface area contributed by atoms with Crippen LogP contribution in [-0.4, -0.2) is 34.4 Å². The highest BCUT2D eigenvalue weighted by Gasteiger charge is 2.66. The molecule has 1 atom stereocenters. The van der Waals surface area contributed by atoms with Crippen molar-refractivity contribution in [3.63, 3.8) is 0 Å². The van der Waals surface area contributed by atoms with Gasteiger partial charge in [0, 0.05) is 0 Å². The maximum atomic E-state index is 13.9. The van der Waals surface area contributed by atoms with Gasteiger partial charge in [-0.15, -0.1) is 0 Å². The van der Waals surface area contributed by atoms with Crippen LogP contribution >= 0.6 is 11.6 Å². The lowest BCUT2D eigenvalue weighted by atomic mass is 10.1. The number of hydrogen-bond donors (Lipinski definition) is 1. The van der Waals surface area contributed by atoms with Gasteiger partial charge in [-0.3, -0.25) is 14.5 Å². The van der Waals surface area contributed by atoms with E-state index >= 15 is 0 Å². The first-order chi connectivity index (χ1) is 13.2. The molecule has 0 bridgehead atoms. The van der Waals surface area contributed by atoms with Crippen molar-refractivity contribution in [3.8, 4) is 0 Å². The van der Waals surface area contributed by atoms with E-state index in [4.69, 9.17) is 11.6 Å². The van der Waals surface area contributed by atoms with Crippen LogP contribution in [-0.2, 0) is 11.3 Å². The number of amidine groups is 1. The molecule has 1 N–H and O–H groups in total. The zero-order valence-electron chi connectivity index (χ0n) is 14.6. The summed E-state index contributed by atoms with van der Waals surface area (Å²) >= 11 is 5.89. The minimum Gasteiger partial charge on any atom is -0.312 e. The lowest BCUT2D eigenvalue weighted by molar-refractivity contribution is -0.196. The van der Waals surface area contributed by atoms with Crippen LogP contribution in [0.2, 0.25) is 5.02 Å². The van der Waals surface area contributed by atoms with Crippen LogP contribution in [0.1, 0.15) is 22.8 Å². The zero-order chi connectivity index (χ0) is 20.5. The maximum Gasteiger partial charge on any atom is 0.442 e. The Morgan fingerprint density at radius 3 is 2.36 bits per heavy atom. The monoisotopic (exact) mass is 409 g/mol. The van der Waals surface area contributed by atoms with Gasteiger partial charge in [0.05, 0.1) is 17.1 Å². The van der Waals surface area contributed by atoms with Gasteiger partial charge in [0.25, 0.3) is 11.8 Å². The molecule has 0 aromatic heterocycles. The normalized spacial score (nSPS) is 19.5. The minimum atomic E-state index is -5.15. The fraction of sp³-hybridized carbons (Fsp3) is 0.211. The Kier molecular flexibility index (Phi) is 5.16. The van der Waals surface area contributed by atoms with Crippen LogP contribution in [0.25, 0.3) is 0 Å². The van der Waals surface area contributed by atoms with Crippen LogP contribution in [0.15, 0.2) is 59.6 Å². The summed E-state index contributed by atoms with van der Waals surface area (Å²) in [7, 11) is 0. The Morgan fingerprint density at radius 2 is 1.75 bits per heavy atom. The van der Waals surface area contributed by atoms with Crippen molar-refractivity contribution in [2.75, 3.05) is 0 Å². The number of benzene rings is 2. The number of aliphatic imine (C=N–C) groups is 1. The van der Waals surface area contributed by atoms with Crippen molar-refractivity contribution in [2.45, 2.75) is 25.3 Å². The molecule has 9 heteroatoms. The largest absolute Gasteiger partial charge is 0.442 e. The van der Waals surface area contributed by atoms with Crippen molar-refractivity contribution in [1.82, 2.24) is 10.2 Å². The molecule has 2 aromatic carbocycles. The summed E-state index contributed by atoms with van der Waals surface area (Å²) in [6.45, 7) is 1.19. The van der Waals surface area contributed by atoms with E-state index < -0.39 is 23.7 Å². The predicted octanol–water partition coefficient (Wildman–Crippen LogP) is 3.79. The van der Waals surface area contributed by atoms with Gasteiger partial charge >= 0.3 is 11.8 Å². The molecule has 2 aromatic rings. The third-order valence-corrected chi connectivity index (χ3v) is 4.61. The quantitative estimate of drug-likeness (QED) is 0.835. The SMILES string of the molecule is CC1=NC(NC(=O)c2ccccc2Cl)(C(F)(F)F)C(=O)N1Cc1ccccc1. The third-order valence-electron chi connectivity index (χ3n) is 4.28. The smallest absolute Gasteiger partial charge is 0.312 e. The molecule has 0 spiro atoms. The zero-order valence-corrected chi connectivity index (χ0v) is 15.4. The summed E-state index contributed by atoms with van der Waals surface area (Å²) in [6, 6.07) is 14.1. The van der Waals surface area contributed by atoms with Crippen LogP contribution in [0.4, 0.5) is 13.2 Å². The van der Waals surface area contributed by atoms with Crippen molar-refractivity contribution in [3.05, 3.63) is 70.7 Å². The van der Waals surface area contributed by atoms with E-state index in [1.165, 1.54) is 31.2 Å². The van der Waals surface area contributed by atoms with Crippen molar-refractivity contribution in [2.24, 2.45) is 4.99 Å². The van der Waals surface area contributed by atoms with Crippen LogP contribution < -0.4 is 5.32 Å². The van der Waals surface area contributed by atoms with E-state index in [1.807, 2.05) is 0 Å². The number of carbonyl (C=O) groups is 2. The van der Waals surface area contributed by atoms with E-state index in [2.05, 4.69) is 4.99 Å². The number of rotatable bonds is 4. The number of hydrogen-bond acceptors (Lipinski definition) is 3. The molecule has 146 valence electrons. The lowest BCUT2D eigenvalue weighted by Crippen LogP contribution is -2.63. The standard InChI is InChI=1S/C19H15ClF3N3O2/c1-12-24-18(19(21,22)23,25-16(27)14-9-5-6-10-15(14)20)17(28)26(12)11-13-7-3-2-4-8-13/h2-10H,11H2,1H3,(H,25,27). The molecule has 1 aliphatic rings. The summed E-state index contributed by atoms with van der Waals surface area (Å²) in [5, 5.41) is 1.72. The molecule has 0 saturated carbocycles. The molecule has 0 fully saturated rings. The van der Waals surface area contributed by atoms with Crippen LogP contribution in [0.5, 0.6) is 0 Å². The molecule has 1 heterocycles. The summed E-state index contributed by atoms with van der Waals surface area (Å²) in [4.78, 5) is 29.7. The summed E-state index contributed by atoms with van der Waals surface area (Å²) in [5.41, 5.74) is -2.96. The second-order valence-electron chi connectivity index (χ2n) is 6.18. The fourth-order valence-corrected chi connectivity index (χ4v) is 3.08. The Morgan fingerprint density at radius 1 is 1.14 bits per heavy atom. The number of nitrogens with one attached hydrogen (secondary N) is 1. The van der Waals surface area contributed by atoms with E-state index in [-0.39, 0.29) is 23.0 Å². The molecule has 3 rings (SSSR count). The molecule has 0 aliphatic carbocycles. The van der Waals surface area contributed by atoms with Crippen molar-refractivity contribution < 1.29 is 22.8 Å². The summed E-state index contributed by atoms with van der Waals surface area (Å²) in [6.07, 6.45) is -5.15. The van der Waals surface area contributed by atoms with E-state index in [0.717, 1.165) is 4.90 Å². The summed E-state index contributed by atoms with van der Waals surface area (Å²) < 4.78 is 41.8. The van der Waals surface area contributed by atoms with Gasteiger partial charge in [-0.05, 0) is 24.6 Å². The first kappa shape index (κ1) is 19.9. The van der Waals surface area contributed by atoms with Gasteiger partial charge in [-0.2, -0.15) is 13.2 Å². The molecule has 5 nitrogen and oxygen atoms in total. The van der Waals surface area contributed by atoms with E-state index in [0.29, 0.717) is 5.56 Å². The second kappa shape index (κ2) is 7.27. The first-order valence-corrected chi connectivity index (χ1v) is 8.59. The lowest BCUT2D eigenvalue weighted by Gasteiger charge is -2.29. The Bertz CT molecular complexity index is 947. The number of nitrogens with zero attached hydrogens (tertiary/aromatic N) is 2. The molecular weight excluding hydrogens is 395 g/mol. The molecular formula is C19H15ClF3N3O2. The summed E-state index contributed by atoms with van der Waals surface area (Å²) in [5.74, 6) is -2.67. The Balaban J connectivity index is 1.95. The van der Waals surface area contributed by atoms with Gasteiger partial charge < -0.3 is 5.32 Å². The maximum absolute atomic E-state index is 13.9. The second-order valence-corrected chi connectivity index (χ2v) is 6.59. The average Bonchev–Trinajstić information content (AvgIpc) is 2.88.